The van der Waals surface area contributed by atoms with Crippen LogP contribution in [0.1, 0.15) is 59.7 Å². The number of aromatic nitrogens is 1. The van der Waals surface area contributed by atoms with Crippen LogP contribution in [0.15, 0.2) is 88.1 Å². The van der Waals surface area contributed by atoms with Crippen molar-refractivity contribution in [2.24, 2.45) is 10.1 Å². The van der Waals surface area contributed by atoms with Gasteiger partial charge in [0.15, 0.2) is 23.0 Å². The monoisotopic (exact) mass is 858 g/mol. The predicted octanol–water partition coefficient (Wildman–Crippen LogP) is 7.99. The van der Waals surface area contributed by atoms with E-state index in [1.165, 1.54) is 35.8 Å². The summed E-state index contributed by atoms with van der Waals surface area (Å²) in [5, 5.41) is 7.46. The number of hydrogen-bond acceptors (Lipinski definition) is 14. The largest absolute Gasteiger partial charge is 0.493 e. The number of ether oxygens (including phenoxy) is 5. The average molecular weight is 859 g/mol. The number of rotatable bonds is 19. The summed E-state index contributed by atoms with van der Waals surface area (Å²) in [6.07, 6.45) is 7.71. The number of nitrogens with zero attached hydrogens (tertiary/aromatic N) is 5. The van der Waals surface area contributed by atoms with E-state index in [2.05, 4.69) is 33.6 Å². The van der Waals surface area contributed by atoms with Crippen molar-refractivity contribution < 1.29 is 42.9 Å². The van der Waals surface area contributed by atoms with Crippen molar-refractivity contribution in [1.29, 1.82) is 0 Å². The number of benzene rings is 2. The molecule has 0 aliphatic carbocycles. The fourth-order valence-corrected chi connectivity index (χ4v) is 8.70. The van der Waals surface area contributed by atoms with Gasteiger partial charge in [-0.05, 0) is 74.1 Å². The van der Waals surface area contributed by atoms with E-state index in [0.29, 0.717) is 86.2 Å². The molecule has 4 heterocycles. The van der Waals surface area contributed by atoms with Crippen LogP contribution in [0.2, 0.25) is 0 Å². The third-order valence-electron chi connectivity index (χ3n) is 9.80. The summed E-state index contributed by atoms with van der Waals surface area (Å²) in [6, 6.07) is 11.8. The molecular formula is C43H50N6O9S2. The number of oxime groups is 1. The van der Waals surface area contributed by atoms with Gasteiger partial charge in [-0.15, -0.1) is 0 Å². The molecule has 6 rings (SSSR count). The molecule has 1 aromatic heterocycles. The summed E-state index contributed by atoms with van der Waals surface area (Å²) in [5.41, 5.74) is 3.25. The van der Waals surface area contributed by atoms with E-state index in [0.717, 1.165) is 22.6 Å². The predicted molar refractivity (Wildman–Crippen MR) is 234 cm³/mol. The molecule has 0 spiro atoms. The summed E-state index contributed by atoms with van der Waals surface area (Å²) in [5.74, 6) is 1.16. The zero-order chi connectivity index (χ0) is 42.6. The van der Waals surface area contributed by atoms with Gasteiger partial charge in [-0.1, -0.05) is 46.3 Å². The van der Waals surface area contributed by atoms with E-state index in [4.69, 9.17) is 28.5 Å². The molecule has 3 atom stereocenters. The van der Waals surface area contributed by atoms with Crippen molar-refractivity contribution in [2.75, 3.05) is 59.6 Å². The quantitative estimate of drug-likeness (QED) is 0.0407. The van der Waals surface area contributed by atoms with Gasteiger partial charge in [-0.2, -0.15) is 0 Å². The lowest BCUT2D eigenvalue weighted by atomic mass is 10.1. The second kappa shape index (κ2) is 21.0. The second-order valence-corrected chi connectivity index (χ2v) is 17.0. The molecule has 3 aliphatic heterocycles. The van der Waals surface area contributed by atoms with Crippen molar-refractivity contribution in [3.63, 3.8) is 0 Å². The van der Waals surface area contributed by atoms with Crippen LogP contribution >= 0.6 is 21.6 Å². The highest BCUT2D eigenvalue weighted by molar-refractivity contribution is 8.76. The van der Waals surface area contributed by atoms with Gasteiger partial charge in [0.05, 0.1) is 68.2 Å². The lowest BCUT2D eigenvalue weighted by Crippen LogP contribution is -2.37. The highest BCUT2D eigenvalue weighted by Gasteiger charge is 2.35. The Morgan fingerprint density at radius 3 is 2.42 bits per heavy atom. The molecule has 2 aromatic carbocycles. The van der Waals surface area contributed by atoms with Crippen molar-refractivity contribution >= 4 is 63.3 Å². The molecule has 60 heavy (non-hydrogen) atoms. The van der Waals surface area contributed by atoms with Crippen molar-refractivity contribution in [2.45, 2.75) is 61.4 Å². The maximum Gasteiger partial charge on any atom is 0.411 e. The third-order valence-corrected chi connectivity index (χ3v) is 12.6. The van der Waals surface area contributed by atoms with E-state index in [-0.39, 0.29) is 47.0 Å². The lowest BCUT2D eigenvalue weighted by Gasteiger charge is -2.24. The number of unbranched alkanes of at least 4 members (excludes halogenated alkanes) is 2. The number of methoxy groups -OCH3 is 2. The standard InChI is InChI=1S/C43H50N6O9S2/c1-27-16-30-22-45-34-20-38(36(53-4)18-32(34)41(50)48(30)24-27)56-14-10-7-11-15-57-39-21-35(47-43(52)58-26-29(3)59-60-40-12-8-9-13-44-40)33(19-37(39)54-5)42(51)49-25-28(2)17-31(49)23-46-55-6/h8-9,12-13,18-23,29-31H,1-2,7,10-11,14-17,24-26H2,3-6H3,(H,47,52)/b46-23+/t29?,30-,31-/m0/s1. The summed E-state index contributed by atoms with van der Waals surface area (Å²) in [7, 11) is 7.49. The topological polar surface area (TPSA) is 163 Å². The molecule has 3 aromatic rings. The molecule has 15 nitrogen and oxygen atoms in total. The number of nitrogens with one attached hydrogen (secondary N) is 1. The van der Waals surface area contributed by atoms with Crippen LogP contribution in [0.3, 0.4) is 0 Å². The van der Waals surface area contributed by atoms with E-state index in [9.17, 15) is 14.4 Å². The Hall–Kier alpha value is -5.68. The van der Waals surface area contributed by atoms with Gasteiger partial charge in [0.1, 0.15) is 18.7 Å². The highest BCUT2D eigenvalue weighted by atomic mass is 33.1. The summed E-state index contributed by atoms with van der Waals surface area (Å²) in [4.78, 5) is 57.8. The molecule has 3 aliphatic rings. The Labute approximate surface area is 357 Å². The zero-order valence-corrected chi connectivity index (χ0v) is 35.9. The van der Waals surface area contributed by atoms with Gasteiger partial charge in [-0.3, -0.25) is 19.9 Å². The summed E-state index contributed by atoms with van der Waals surface area (Å²) >= 11 is 0. The number of carbonyl (C=O) groups excluding carboxylic acids is 3. The number of anilines is 1. The molecule has 0 saturated carbocycles. The molecule has 17 heteroatoms. The molecule has 3 amide bonds. The minimum absolute atomic E-state index is 0.0513. The van der Waals surface area contributed by atoms with E-state index in [1.54, 1.807) is 59.8 Å². The Morgan fingerprint density at radius 1 is 0.967 bits per heavy atom. The molecule has 1 unspecified atom stereocenters. The highest BCUT2D eigenvalue weighted by Crippen LogP contribution is 2.39. The van der Waals surface area contributed by atoms with Gasteiger partial charge >= 0.3 is 6.09 Å². The van der Waals surface area contributed by atoms with Crippen molar-refractivity contribution in [1.82, 2.24) is 14.8 Å². The van der Waals surface area contributed by atoms with Gasteiger partial charge in [0.25, 0.3) is 11.8 Å². The van der Waals surface area contributed by atoms with Gasteiger partial charge < -0.3 is 38.3 Å². The normalized spacial score (nSPS) is 17.6. The van der Waals surface area contributed by atoms with Crippen LogP contribution in [0.5, 0.6) is 23.0 Å². The maximum absolute atomic E-state index is 14.1. The van der Waals surface area contributed by atoms with Gasteiger partial charge in [0, 0.05) is 42.9 Å². The molecule has 0 bridgehead atoms. The Kier molecular flexibility index (Phi) is 15.4. The van der Waals surface area contributed by atoms with Crippen molar-refractivity contribution in [3.8, 4) is 23.0 Å². The number of amides is 3. The first-order valence-corrected chi connectivity index (χ1v) is 21.7. The average Bonchev–Trinajstić information content (AvgIpc) is 3.80. The van der Waals surface area contributed by atoms with Crippen LogP contribution in [0.25, 0.3) is 0 Å². The lowest BCUT2D eigenvalue weighted by molar-refractivity contribution is 0.0767. The molecule has 2 fully saturated rings. The van der Waals surface area contributed by atoms with E-state index >= 15 is 0 Å². The van der Waals surface area contributed by atoms with Crippen LogP contribution < -0.4 is 24.3 Å². The summed E-state index contributed by atoms with van der Waals surface area (Å²) in [6.45, 7) is 11.7. The Bertz CT molecular complexity index is 2120. The van der Waals surface area contributed by atoms with Gasteiger partial charge in [-0.25, -0.2) is 9.78 Å². The first-order chi connectivity index (χ1) is 29.1. The number of aliphatic imine (C=N–C) groups is 1. The van der Waals surface area contributed by atoms with Crippen molar-refractivity contribution in [3.05, 3.63) is 84.1 Å². The van der Waals surface area contributed by atoms with Crippen LogP contribution in [0.4, 0.5) is 16.2 Å². The molecule has 1 N–H and O–H groups in total. The Balaban J connectivity index is 1.07. The first kappa shape index (κ1) is 43.9. The second-order valence-electron chi connectivity index (χ2n) is 14.3. The number of fused-ring (bicyclic) bond motifs is 2. The Morgan fingerprint density at radius 2 is 1.70 bits per heavy atom. The fraction of sp³-hybridized carbons (Fsp3) is 0.395. The maximum atomic E-state index is 14.1. The fourth-order valence-electron chi connectivity index (χ4n) is 6.83. The molecule has 0 radical (unpaired) electrons. The van der Waals surface area contributed by atoms with E-state index in [1.807, 2.05) is 25.1 Å². The zero-order valence-electron chi connectivity index (χ0n) is 34.2. The first-order valence-electron chi connectivity index (χ1n) is 19.5. The number of carbonyl (C=O) groups is 3. The number of pyridine rings is 1. The summed E-state index contributed by atoms with van der Waals surface area (Å²) < 4.78 is 29.1. The molecule has 318 valence electrons. The molecule has 2 saturated heterocycles. The van der Waals surface area contributed by atoms with Crippen LogP contribution in [-0.4, -0.2) is 117 Å². The number of hydrogen-bond donors (Lipinski definition) is 1. The van der Waals surface area contributed by atoms with Gasteiger partial charge in [0.2, 0.25) is 0 Å². The van der Waals surface area contributed by atoms with Crippen LogP contribution in [-0.2, 0) is 9.57 Å². The SMILES string of the molecule is C=C1C[C@H]2C=Nc3cc(OCCCCCOc4cc(NC(=O)OCC(C)SSc5ccccn5)c(C(=O)N5CC(=C)C[C@H]5/C=N/OC)cc4OC)c(OC)cc3C(=O)N2C1. The van der Waals surface area contributed by atoms with Crippen LogP contribution in [0, 0.1) is 0 Å². The minimum atomic E-state index is -0.727. The molecular weight excluding hydrogens is 809 g/mol. The minimum Gasteiger partial charge on any atom is -0.493 e. The smallest absolute Gasteiger partial charge is 0.411 e. The number of likely N-dealkylation sites (tertiary alicyclic amines) is 1. The third kappa shape index (κ3) is 11.1. The van der Waals surface area contributed by atoms with E-state index < -0.39 is 6.09 Å².